The molecule has 3 atom stereocenters. The van der Waals surface area contributed by atoms with E-state index in [9.17, 15) is 14.0 Å². The average Bonchev–Trinajstić information content (AvgIpc) is 3.41. The van der Waals surface area contributed by atoms with Crippen molar-refractivity contribution in [3.63, 3.8) is 0 Å². The lowest BCUT2D eigenvalue weighted by Gasteiger charge is -2.32. The smallest absolute Gasteiger partial charge is 0.320 e. The van der Waals surface area contributed by atoms with E-state index in [1.54, 1.807) is 35.9 Å². The van der Waals surface area contributed by atoms with Crippen LogP contribution in [0.2, 0.25) is 0 Å². The highest BCUT2D eigenvalue weighted by atomic mass is 19.1. The van der Waals surface area contributed by atoms with Crippen LogP contribution in [0.5, 0.6) is 0 Å². The van der Waals surface area contributed by atoms with E-state index in [0.717, 1.165) is 5.56 Å². The summed E-state index contributed by atoms with van der Waals surface area (Å²) in [6.45, 7) is 2.34. The molecule has 0 unspecified atom stereocenters. The van der Waals surface area contributed by atoms with Crippen LogP contribution in [-0.2, 0) is 11.3 Å². The summed E-state index contributed by atoms with van der Waals surface area (Å²) >= 11 is 0. The van der Waals surface area contributed by atoms with E-state index in [4.69, 9.17) is 0 Å². The Bertz CT molecular complexity index is 885. The third-order valence-electron chi connectivity index (χ3n) is 5.95. The molecular weight excluding hydrogens is 373 g/mol. The second-order valence-corrected chi connectivity index (χ2v) is 8.07. The molecule has 7 nitrogen and oxygen atoms in total. The summed E-state index contributed by atoms with van der Waals surface area (Å²) < 4.78 is 15.7. The van der Waals surface area contributed by atoms with Gasteiger partial charge in [-0.3, -0.25) is 9.48 Å². The summed E-state index contributed by atoms with van der Waals surface area (Å²) in [5.41, 5.74) is 0.790. The van der Waals surface area contributed by atoms with E-state index >= 15 is 0 Å². The fraction of sp³-hybridized carbons (Fsp3) is 0.476. The van der Waals surface area contributed by atoms with E-state index in [0.29, 0.717) is 32.6 Å². The molecule has 8 heteroatoms. The number of amides is 3. The number of carbonyl (C=O) groups is 2. The third kappa shape index (κ3) is 3.83. The molecule has 1 aromatic carbocycles. The molecule has 2 fully saturated rings. The lowest BCUT2D eigenvalue weighted by atomic mass is 9.89. The number of urea groups is 1. The maximum absolute atomic E-state index is 13.9. The Kier molecular flexibility index (Phi) is 5.25. The number of carbonyl (C=O) groups excluding carboxylic acids is 2. The zero-order valence-electron chi connectivity index (χ0n) is 16.7. The molecule has 0 spiro atoms. The molecule has 2 aliphatic heterocycles. The fourth-order valence-corrected chi connectivity index (χ4v) is 4.62. The van der Waals surface area contributed by atoms with Gasteiger partial charge >= 0.3 is 6.03 Å². The molecule has 154 valence electrons. The van der Waals surface area contributed by atoms with E-state index in [2.05, 4.69) is 5.10 Å². The minimum Gasteiger partial charge on any atom is -0.342 e. The first-order valence-corrected chi connectivity index (χ1v) is 9.92. The van der Waals surface area contributed by atoms with Gasteiger partial charge in [0.05, 0.1) is 6.04 Å². The van der Waals surface area contributed by atoms with Gasteiger partial charge in [-0.15, -0.1) is 0 Å². The van der Waals surface area contributed by atoms with Gasteiger partial charge in [0.2, 0.25) is 5.91 Å². The Hall–Kier alpha value is -2.90. The molecular formula is C21H26FN5O2. The van der Waals surface area contributed by atoms with Crippen molar-refractivity contribution in [2.45, 2.75) is 19.0 Å². The molecule has 2 aliphatic rings. The van der Waals surface area contributed by atoms with Crippen molar-refractivity contribution < 1.29 is 14.0 Å². The van der Waals surface area contributed by atoms with Gasteiger partial charge in [-0.25, -0.2) is 9.18 Å². The Morgan fingerprint density at radius 3 is 2.72 bits per heavy atom. The Morgan fingerprint density at radius 1 is 1.21 bits per heavy atom. The summed E-state index contributed by atoms with van der Waals surface area (Å²) in [7, 11) is 3.45. The van der Waals surface area contributed by atoms with Gasteiger partial charge in [-0.1, -0.05) is 12.1 Å². The SMILES string of the molecule is CN(C)C(=O)N1C[C@H]2CN(C(=O)CCn3cccn3)C[C@H]2[C@@H]1c1cccc(F)c1. The first-order valence-electron chi connectivity index (χ1n) is 9.92. The molecule has 0 radical (unpaired) electrons. The van der Waals surface area contributed by atoms with E-state index in [-0.39, 0.29) is 35.6 Å². The normalized spacial score (nSPS) is 23.3. The van der Waals surface area contributed by atoms with Crippen molar-refractivity contribution in [3.05, 3.63) is 54.1 Å². The average molecular weight is 399 g/mol. The summed E-state index contributed by atoms with van der Waals surface area (Å²) in [6, 6.07) is 8.00. The van der Waals surface area contributed by atoms with Crippen LogP contribution in [0.3, 0.4) is 0 Å². The van der Waals surface area contributed by atoms with Crippen molar-refractivity contribution in [2.75, 3.05) is 33.7 Å². The van der Waals surface area contributed by atoms with E-state index in [1.807, 2.05) is 28.1 Å². The molecule has 3 amide bonds. The van der Waals surface area contributed by atoms with Crippen LogP contribution in [0.4, 0.5) is 9.18 Å². The molecule has 0 saturated carbocycles. The number of hydrogen-bond acceptors (Lipinski definition) is 3. The van der Waals surface area contributed by atoms with Crippen LogP contribution in [0.1, 0.15) is 18.0 Å². The van der Waals surface area contributed by atoms with Gasteiger partial charge in [-0.2, -0.15) is 5.10 Å². The van der Waals surface area contributed by atoms with Crippen LogP contribution < -0.4 is 0 Å². The Labute approximate surface area is 169 Å². The predicted octanol–water partition coefficient (Wildman–Crippen LogP) is 2.23. The molecule has 1 aromatic heterocycles. The number of fused-ring (bicyclic) bond motifs is 1. The summed E-state index contributed by atoms with van der Waals surface area (Å²) in [4.78, 5) is 30.8. The molecule has 3 heterocycles. The maximum Gasteiger partial charge on any atom is 0.320 e. The first kappa shape index (κ1) is 19.4. The van der Waals surface area contributed by atoms with E-state index < -0.39 is 0 Å². The first-order chi connectivity index (χ1) is 13.9. The van der Waals surface area contributed by atoms with Gasteiger partial charge in [-0.05, 0) is 23.8 Å². The largest absolute Gasteiger partial charge is 0.342 e. The van der Waals surface area contributed by atoms with Crippen LogP contribution in [-0.4, -0.2) is 70.1 Å². The lowest BCUT2D eigenvalue weighted by molar-refractivity contribution is -0.130. The number of nitrogens with zero attached hydrogens (tertiary/aromatic N) is 5. The third-order valence-corrected chi connectivity index (χ3v) is 5.95. The van der Waals surface area contributed by atoms with Crippen LogP contribution in [0.25, 0.3) is 0 Å². The van der Waals surface area contributed by atoms with Crippen molar-refractivity contribution in [2.24, 2.45) is 11.8 Å². The number of aromatic nitrogens is 2. The maximum atomic E-state index is 13.9. The highest BCUT2D eigenvalue weighted by molar-refractivity contribution is 5.77. The van der Waals surface area contributed by atoms with Gasteiger partial charge in [0.1, 0.15) is 5.82 Å². The molecule has 2 saturated heterocycles. The van der Waals surface area contributed by atoms with Crippen molar-refractivity contribution >= 4 is 11.9 Å². The predicted molar refractivity (Wildman–Crippen MR) is 105 cm³/mol. The molecule has 0 N–H and O–H groups in total. The van der Waals surface area contributed by atoms with E-state index in [1.165, 1.54) is 12.1 Å². The number of halogens is 1. The zero-order chi connectivity index (χ0) is 20.5. The van der Waals surface area contributed by atoms with Gasteiger partial charge in [0.25, 0.3) is 0 Å². The molecule has 0 bridgehead atoms. The second-order valence-electron chi connectivity index (χ2n) is 8.07. The van der Waals surface area contributed by atoms with Crippen molar-refractivity contribution in [3.8, 4) is 0 Å². The summed E-state index contributed by atoms with van der Waals surface area (Å²) in [5, 5.41) is 4.14. The Balaban J connectivity index is 1.51. The van der Waals surface area contributed by atoms with Gasteiger partial charge in [0, 0.05) is 70.9 Å². The van der Waals surface area contributed by atoms with Crippen LogP contribution >= 0.6 is 0 Å². The number of aryl methyl sites for hydroxylation is 1. The second kappa shape index (κ2) is 7.85. The number of hydrogen-bond donors (Lipinski definition) is 0. The summed E-state index contributed by atoms with van der Waals surface area (Å²) in [6.07, 6.45) is 3.94. The minimum atomic E-state index is -0.312. The highest BCUT2D eigenvalue weighted by Crippen LogP contribution is 2.45. The molecule has 4 rings (SSSR count). The fourth-order valence-electron chi connectivity index (χ4n) is 4.62. The zero-order valence-corrected chi connectivity index (χ0v) is 16.7. The van der Waals surface area contributed by atoms with Crippen molar-refractivity contribution in [1.29, 1.82) is 0 Å². The van der Waals surface area contributed by atoms with Crippen LogP contribution in [0, 0.1) is 17.7 Å². The van der Waals surface area contributed by atoms with Gasteiger partial charge in [0.15, 0.2) is 0 Å². The molecule has 29 heavy (non-hydrogen) atoms. The Morgan fingerprint density at radius 2 is 2.03 bits per heavy atom. The highest BCUT2D eigenvalue weighted by Gasteiger charge is 2.50. The molecule has 0 aliphatic carbocycles. The molecule has 2 aromatic rings. The topological polar surface area (TPSA) is 61.7 Å². The van der Waals surface area contributed by atoms with Crippen molar-refractivity contribution in [1.82, 2.24) is 24.5 Å². The standard InChI is InChI=1S/C21H26FN5O2/c1-24(2)21(29)27-13-16-12-25(19(28)7-10-26-9-4-8-23-26)14-18(16)20(27)15-5-3-6-17(22)11-15/h3-6,8-9,11,16,18,20H,7,10,12-14H2,1-2H3/t16-,18-,20+/m1/s1. The quantitative estimate of drug-likeness (QED) is 0.792. The minimum absolute atomic E-state index is 0.0785. The number of rotatable bonds is 4. The number of likely N-dealkylation sites (tertiary alicyclic amines) is 2. The monoisotopic (exact) mass is 399 g/mol. The lowest BCUT2D eigenvalue weighted by Crippen LogP contribution is -2.42. The van der Waals surface area contributed by atoms with Crippen LogP contribution in [0.15, 0.2) is 42.7 Å². The summed E-state index contributed by atoms with van der Waals surface area (Å²) in [5.74, 6) is 0.0851. The van der Waals surface area contributed by atoms with Gasteiger partial charge < -0.3 is 14.7 Å². The number of benzene rings is 1.